The van der Waals surface area contributed by atoms with Crippen LogP contribution in [0.15, 0.2) is 30.5 Å². The summed E-state index contributed by atoms with van der Waals surface area (Å²) in [6.07, 6.45) is 1.72. The predicted octanol–water partition coefficient (Wildman–Crippen LogP) is 2.78. The highest BCUT2D eigenvalue weighted by Gasteiger charge is 2.11. The van der Waals surface area contributed by atoms with Crippen LogP contribution < -0.4 is 10.1 Å². The van der Waals surface area contributed by atoms with Crippen LogP contribution in [-0.4, -0.2) is 17.1 Å². The van der Waals surface area contributed by atoms with E-state index in [9.17, 15) is 4.39 Å². The van der Waals surface area contributed by atoms with Crippen molar-refractivity contribution in [3.05, 3.63) is 53.4 Å². The van der Waals surface area contributed by atoms with E-state index in [4.69, 9.17) is 4.74 Å². The maximum absolute atomic E-state index is 13.9. The van der Waals surface area contributed by atoms with Gasteiger partial charge in [0.1, 0.15) is 17.4 Å². The third kappa shape index (κ3) is 3.51. The smallest absolute Gasteiger partial charge is 0.131 e. The number of hydrogen-bond donors (Lipinski definition) is 1. The minimum Gasteiger partial charge on any atom is -0.497 e. The zero-order valence-electron chi connectivity index (χ0n) is 11.9. The van der Waals surface area contributed by atoms with Crippen LogP contribution in [0.3, 0.4) is 0 Å². The van der Waals surface area contributed by atoms with Gasteiger partial charge in [-0.3, -0.25) is 0 Å². The van der Waals surface area contributed by atoms with Crippen molar-refractivity contribution >= 4 is 0 Å². The molecular weight excluding hydrogens is 257 g/mol. The fourth-order valence-electron chi connectivity index (χ4n) is 1.96. The van der Waals surface area contributed by atoms with E-state index in [0.29, 0.717) is 17.9 Å². The number of rotatable bonds is 5. The third-order valence-corrected chi connectivity index (χ3v) is 3.10. The quantitative estimate of drug-likeness (QED) is 0.911. The Balaban J connectivity index is 2.03. The van der Waals surface area contributed by atoms with Crippen LogP contribution in [0.5, 0.6) is 5.75 Å². The van der Waals surface area contributed by atoms with Gasteiger partial charge in [0.15, 0.2) is 0 Å². The average molecular weight is 275 g/mol. The number of aromatic nitrogens is 2. The van der Waals surface area contributed by atoms with E-state index in [0.717, 1.165) is 11.5 Å². The first-order valence-electron chi connectivity index (χ1n) is 6.45. The molecule has 1 heterocycles. The second kappa shape index (κ2) is 6.43. The van der Waals surface area contributed by atoms with E-state index < -0.39 is 0 Å². The number of nitrogens with zero attached hydrogens (tertiary/aromatic N) is 2. The molecule has 0 saturated carbocycles. The van der Waals surface area contributed by atoms with Crippen molar-refractivity contribution in [2.75, 3.05) is 7.11 Å². The summed E-state index contributed by atoms with van der Waals surface area (Å²) < 4.78 is 18.9. The lowest BCUT2D eigenvalue weighted by Crippen LogP contribution is -2.20. The summed E-state index contributed by atoms with van der Waals surface area (Å²) >= 11 is 0. The second-order valence-corrected chi connectivity index (χ2v) is 4.59. The van der Waals surface area contributed by atoms with Crippen molar-refractivity contribution < 1.29 is 9.13 Å². The van der Waals surface area contributed by atoms with Crippen molar-refractivity contribution in [1.29, 1.82) is 0 Å². The molecule has 0 bridgehead atoms. The molecule has 0 radical (unpaired) electrons. The molecule has 4 nitrogen and oxygen atoms in total. The Hall–Kier alpha value is -2.01. The number of methoxy groups -OCH3 is 1. The lowest BCUT2D eigenvalue weighted by Gasteiger charge is -2.15. The lowest BCUT2D eigenvalue weighted by molar-refractivity contribution is 0.409. The summed E-state index contributed by atoms with van der Waals surface area (Å²) in [5, 5.41) is 3.25. The monoisotopic (exact) mass is 275 g/mol. The summed E-state index contributed by atoms with van der Waals surface area (Å²) in [7, 11) is 1.52. The number of aryl methyl sites for hydroxylation is 1. The summed E-state index contributed by atoms with van der Waals surface area (Å²) in [6, 6.07) is 6.61. The highest BCUT2D eigenvalue weighted by atomic mass is 19.1. The molecule has 106 valence electrons. The molecule has 1 atom stereocenters. The summed E-state index contributed by atoms with van der Waals surface area (Å²) in [4.78, 5) is 8.35. The Labute approximate surface area is 118 Å². The number of ether oxygens (including phenoxy) is 1. The van der Waals surface area contributed by atoms with Gasteiger partial charge in [-0.25, -0.2) is 14.4 Å². The molecule has 0 aliphatic carbocycles. The van der Waals surface area contributed by atoms with Crippen LogP contribution in [0.4, 0.5) is 4.39 Å². The van der Waals surface area contributed by atoms with Gasteiger partial charge in [-0.1, -0.05) is 6.07 Å². The molecule has 0 spiro atoms. The Morgan fingerprint density at radius 1 is 1.35 bits per heavy atom. The van der Waals surface area contributed by atoms with Crippen LogP contribution in [0.1, 0.15) is 30.0 Å². The van der Waals surface area contributed by atoms with Gasteiger partial charge in [-0.15, -0.1) is 0 Å². The molecule has 0 saturated heterocycles. The Kier molecular flexibility index (Phi) is 4.63. The standard InChI is InChI=1S/C15H18FN3O/c1-10(14-5-4-13(20-3)8-15(14)16)18-9-12-6-7-17-11(2)19-12/h4-8,10,18H,9H2,1-3H3. The van der Waals surface area contributed by atoms with Gasteiger partial charge in [0.2, 0.25) is 0 Å². The average Bonchev–Trinajstić information content (AvgIpc) is 2.44. The van der Waals surface area contributed by atoms with E-state index in [1.807, 2.05) is 19.9 Å². The molecule has 0 aliphatic rings. The highest BCUT2D eigenvalue weighted by molar-refractivity contribution is 5.30. The number of hydrogen-bond acceptors (Lipinski definition) is 4. The van der Waals surface area contributed by atoms with Crippen LogP contribution in [0, 0.1) is 12.7 Å². The van der Waals surface area contributed by atoms with Gasteiger partial charge < -0.3 is 10.1 Å². The first kappa shape index (κ1) is 14.4. The zero-order valence-corrected chi connectivity index (χ0v) is 11.9. The molecule has 1 unspecified atom stereocenters. The van der Waals surface area contributed by atoms with Gasteiger partial charge in [-0.2, -0.15) is 0 Å². The first-order valence-corrected chi connectivity index (χ1v) is 6.45. The Morgan fingerprint density at radius 3 is 2.80 bits per heavy atom. The Morgan fingerprint density at radius 2 is 2.15 bits per heavy atom. The normalized spacial score (nSPS) is 12.2. The lowest BCUT2D eigenvalue weighted by atomic mass is 10.1. The molecule has 1 aromatic carbocycles. The molecule has 20 heavy (non-hydrogen) atoms. The van der Waals surface area contributed by atoms with Crippen molar-refractivity contribution in [3.8, 4) is 5.75 Å². The maximum Gasteiger partial charge on any atom is 0.131 e. The van der Waals surface area contributed by atoms with Gasteiger partial charge >= 0.3 is 0 Å². The van der Waals surface area contributed by atoms with E-state index in [-0.39, 0.29) is 11.9 Å². The molecule has 2 aromatic rings. The topological polar surface area (TPSA) is 47.0 Å². The van der Waals surface area contributed by atoms with Crippen molar-refractivity contribution in [2.24, 2.45) is 0 Å². The van der Waals surface area contributed by atoms with Gasteiger partial charge in [0.25, 0.3) is 0 Å². The minimum atomic E-state index is -0.275. The molecule has 0 amide bonds. The Bertz CT molecular complexity index is 589. The number of benzene rings is 1. The molecule has 1 aromatic heterocycles. The van der Waals surface area contributed by atoms with Crippen LogP contribution in [0.25, 0.3) is 0 Å². The molecule has 0 aliphatic heterocycles. The molecule has 0 fully saturated rings. The van der Waals surface area contributed by atoms with Gasteiger partial charge in [0, 0.05) is 30.4 Å². The fraction of sp³-hybridized carbons (Fsp3) is 0.333. The summed E-state index contributed by atoms with van der Waals surface area (Å²) in [6.45, 7) is 4.32. The van der Waals surface area contributed by atoms with Crippen LogP contribution in [0.2, 0.25) is 0 Å². The number of halogens is 1. The second-order valence-electron chi connectivity index (χ2n) is 4.59. The number of nitrogens with one attached hydrogen (secondary N) is 1. The first-order chi connectivity index (χ1) is 9.60. The van der Waals surface area contributed by atoms with Gasteiger partial charge in [-0.05, 0) is 26.0 Å². The molecule has 2 rings (SSSR count). The predicted molar refractivity (Wildman–Crippen MR) is 75.0 cm³/mol. The highest BCUT2D eigenvalue weighted by Crippen LogP contribution is 2.21. The van der Waals surface area contributed by atoms with Crippen LogP contribution >= 0.6 is 0 Å². The maximum atomic E-state index is 13.9. The fourth-order valence-corrected chi connectivity index (χ4v) is 1.96. The van der Waals surface area contributed by atoms with Crippen molar-refractivity contribution in [3.63, 3.8) is 0 Å². The molecular formula is C15H18FN3O. The van der Waals surface area contributed by atoms with E-state index in [2.05, 4.69) is 15.3 Å². The largest absolute Gasteiger partial charge is 0.497 e. The van der Waals surface area contributed by atoms with Gasteiger partial charge in [0.05, 0.1) is 12.8 Å². The van der Waals surface area contributed by atoms with Crippen molar-refractivity contribution in [1.82, 2.24) is 15.3 Å². The molecule has 1 N–H and O–H groups in total. The van der Waals surface area contributed by atoms with E-state index in [1.165, 1.54) is 13.2 Å². The summed E-state index contributed by atoms with van der Waals surface area (Å²) in [5.41, 5.74) is 1.50. The van der Waals surface area contributed by atoms with Crippen LogP contribution in [-0.2, 0) is 6.54 Å². The van der Waals surface area contributed by atoms with E-state index >= 15 is 0 Å². The summed E-state index contributed by atoms with van der Waals surface area (Å²) in [5.74, 6) is 0.973. The minimum absolute atomic E-state index is 0.115. The zero-order chi connectivity index (χ0) is 14.5. The van der Waals surface area contributed by atoms with E-state index in [1.54, 1.807) is 18.3 Å². The van der Waals surface area contributed by atoms with Crippen molar-refractivity contribution in [2.45, 2.75) is 26.4 Å². The molecule has 5 heteroatoms. The third-order valence-electron chi connectivity index (χ3n) is 3.10. The SMILES string of the molecule is COc1ccc(C(C)NCc2ccnc(C)n2)c(F)c1.